The van der Waals surface area contributed by atoms with Crippen molar-refractivity contribution in [3.8, 4) is 11.6 Å². The van der Waals surface area contributed by atoms with Gasteiger partial charge >= 0.3 is 0 Å². The van der Waals surface area contributed by atoms with E-state index >= 15 is 0 Å². The van der Waals surface area contributed by atoms with Crippen molar-refractivity contribution in [1.82, 2.24) is 15.0 Å². The zero-order valence-corrected chi connectivity index (χ0v) is 10.7. The molecular formula is C14H11FN4O. The molecule has 1 N–H and O–H groups in total. The maximum absolute atomic E-state index is 13.7. The standard InChI is InChI=1S/C14H11FN4O/c1-16-14-18-8-10(15)13(19-14)20-12-6-2-5-11-9(12)4-3-7-17-11/h2-8H,1H3,(H,16,18,19). The maximum atomic E-state index is 13.7. The second-order valence-electron chi connectivity index (χ2n) is 4.02. The van der Waals surface area contributed by atoms with Gasteiger partial charge in [-0.05, 0) is 24.3 Å². The van der Waals surface area contributed by atoms with Crippen LogP contribution in [-0.2, 0) is 0 Å². The summed E-state index contributed by atoms with van der Waals surface area (Å²) in [6.07, 6.45) is 2.76. The molecule has 20 heavy (non-hydrogen) atoms. The largest absolute Gasteiger partial charge is 0.436 e. The summed E-state index contributed by atoms with van der Waals surface area (Å²) in [7, 11) is 1.65. The molecule has 3 rings (SSSR count). The molecule has 5 nitrogen and oxygen atoms in total. The number of aromatic nitrogens is 3. The monoisotopic (exact) mass is 270 g/mol. The van der Waals surface area contributed by atoms with Crippen LogP contribution in [0.3, 0.4) is 0 Å². The molecule has 6 heteroatoms. The lowest BCUT2D eigenvalue weighted by Gasteiger charge is -2.09. The molecular weight excluding hydrogens is 259 g/mol. The van der Waals surface area contributed by atoms with Crippen LogP contribution in [0.1, 0.15) is 0 Å². The van der Waals surface area contributed by atoms with Crippen LogP contribution in [0.2, 0.25) is 0 Å². The van der Waals surface area contributed by atoms with Gasteiger partial charge in [0.15, 0.2) is 0 Å². The minimum Gasteiger partial charge on any atom is -0.436 e. The molecule has 0 saturated carbocycles. The number of hydrogen-bond acceptors (Lipinski definition) is 5. The molecule has 1 aromatic carbocycles. The molecule has 100 valence electrons. The summed E-state index contributed by atoms with van der Waals surface area (Å²) in [5.74, 6) is 0.0422. The number of rotatable bonds is 3. The summed E-state index contributed by atoms with van der Waals surface area (Å²) >= 11 is 0. The highest BCUT2D eigenvalue weighted by Gasteiger charge is 2.11. The van der Waals surface area contributed by atoms with E-state index in [1.165, 1.54) is 0 Å². The van der Waals surface area contributed by atoms with Gasteiger partial charge in [0, 0.05) is 18.6 Å². The number of benzene rings is 1. The molecule has 0 saturated heterocycles. The third-order valence-electron chi connectivity index (χ3n) is 2.75. The minimum absolute atomic E-state index is 0.124. The fraction of sp³-hybridized carbons (Fsp3) is 0.0714. The van der Waals surface area contributed by atoms with Crippen LogP contribution in [0, 0.1) is 5.82 Å². The van der Waals surface area contributed by atoms with Gasteiger partial charge in [-0.2, -0.15) is 9.37 Å². The minimum atomic E-state index is -0.620. The predicted octanol–water partition coefficient (Wildman–Crippen LogP) is 3.00. The van der Waals surface area contributed by atoms with Crippen LogP contribution in [0.25, 0.3) is 10.9 Å². The lowest BCUT2D eigenvalue weighted by Crippen LogP contribution is -2.00. The maximum Gasteiger partial charge on any atom is 0.260 e. The van der Waals surface area contributed by atoms with Gasteiger partial charge < -0.3 is 10.1 Å². The summed E-state index contributed by atoms with van der Waals surface area (Å²) in [6.45, 7) is 0. The normalized spacial score (nSPS) is 10.5. The Balaban J connectivity index is 2.05. The van der Waals surface area contributed by atoms with Gasteiger partial charge in [0.05, 0.1) is 11.7 Å². The average molecular weight is 270 g/mol. The summed E-state index contributed by atoms with van der Waals surface area (Å²) in [4.78, 5) is 11.9. The highest BCUT2D eigenvalue weighted by atomic mass is 19.1. The Morgan fingerprint density at radius 3 is 2.90 bits per heavy atom. The Morgan fingerprint density at radius 1 is 1.15 bits per heavy atom. The van der Waals surface area contributed by atoms with Crippen LogP contribution in [0.5, 0.6) is 11.6 Å². The fourth-order valence-corrected chi connectivity index (χ4v) is 1.81. The van der Waals surface area contributed by atoms with Crippen LogP contribution in [0.4, 0.5) is 10.3 Å². The van der Waals surface area contributed by atoms with Gasteiger partial charge in [-0.1, -0.05) is 6.07 Å². The first kappa shape index (κ1) is 12.3. The van der Waals surface area contributed by atoms with E-state index in [0.717, 1.165) is 17.1 Å². The van der Waals surface area contributed by atoms with E-state index in [1.807, 2.05) is 12.1 Å². The summed E-state index contributed by atoms with van der Waals surface area (Å²) in [5, 5.41) is 3.53. The van der Waals surface area contributed by atoms with Crippen molar-refractivity contribution < 1.29 is 9.13 Å². The van der Waals surface area contributed by atoms with Gasteiger partial charge in [-0.15, -0.1) is 0 Å². The summed E-state index contributed by atoms with van der Waals surface area (Å²) in [5.41, 5.74) is 0.772. The number of hydrogen-bond donors (Lipinski definition) is 1. The van der Waals surface area contributed by atoms with Gasteiger partial charge in [-0.25, -0.2) is 4.98 Å². The second-order valence-corrected chi connectivity index (χ2v) is 4.02. The Hall–Kier alpha value is -2.76. The summed E-state index contributed by atoms with van der Waals surface area (Å²) < 4.78 is 19.3. The van der Waals surface area contributed by atoms with Gasteiger partial charge in [0.2, 0.25) is 11.8 Å². The molecule has 0 atom stereocenters. The predicted molar refractivity (Wildman–Crippen MR) is 73.4 cm³/mol. The lowest BCUT2D eigenvalue weighted by atomic mass is 10.2. The Bertz CT molecular complexity index is 758. The first-order valence-electron chi connectivity index (χ1n) is 6.00. The van der Waals surface area contributed by atoms with E-state index in [4.69, 9.17) is 4.74 Å². The number of ether oxygens (including phenoxy) is 1. The van der Waals surface area contributed by atoms with Crippen LogP contribution in [-0.4, -0.2) is 22.0 Å². The van der Waals surface area contributed by atoms with Crippen molar-refractivity contribution in [3.63, 3.8) is 0 Å². The van der Waals surface area contributed by atoms with Crippen LogP contribution < -0.4 is 10.1 Å². The van der Waals surface area contributed by atoms with Crippen molar-refractivity contribution in [2.75, 3.05) is 12.4 Å². The van der Waals surface area contributed by atoms with Crippen molar-refractivity contribution in [2.45, 2.75) is 0 Å². The highest BCUT2D eigenvalue weighted by molar-refractivity contribution is 5.85. The summed E-state index contributed by atoms with van der Waals surface area (Å²) in [6, 6.07) is 9.05. The van der Waals surface area contributed by atoms with Crippen LogP contribution >= 0.6 is 0 Å². The zero-order chi connectivity index (χ0) is 13.9. The molecule has 3 aromatic rings. The Kier molecular flexibility index (Phi) is 3.12. The average Bonchev–Trinajstić information content (AvgIpc) is 2.50. The third kappa shape index (κ3) is 2.23. The topological polar surface area (TPSA) is 59.9 Å². The van der Waals surface area contributed by atoms with E-state index in [0.29, 0.717) is 11.7 Å². The number of pyridine rings is 1. The van der Waals surface area contributed by atoms with E-state index in [2.05, 4.69) is 20.3 Å². The quantitative estimate of drug-likeness (QED) is 0.792. The number of nitrogens with one attached hydrogen (secondary N) is 1. The second kappa shape index (κ2) is 5.08. The van der Waals surface area contributed by atoms with Gasteiger partial charge in [0.25, 0.3) is 5.88 Å². The van der Waals surface area contributed by atoms with E-state index < -0.39 is 5.82 Å². The van der Waals surface area contributed by atoms with Gasteiger partial charge in [-0.3, -0.25) is 4.98 Å². The molecule has 0 bridgehead atoms. The number of nitrogens with zero attached hydrogens (tertiary/aromatic N) is 3. The molecule has 2 heterocycles. The molecule has 0 aliphatic carbocycles. The SMILES string of the molecule is CNc1ncc(F)c(Oc2cccc3ncccc23)n1. The number of anilines is 1. The van der Waals surface area contributed by atoms with Gasteiger partial charge in [0.1, 0.15) is 5.75 Å². The highest BCUT2D eigenvalue weighted by Crippen LogP contribution is 2.29. The van der Waals surface area contributed by atoms with Crippen molar-refractivity contribution in [1.29, 1.82) is 0 Å². The first-order valence-corrected chi connectivity index (χ1v) is 6.00. The molecule has 0 aliphatic heterocycles. The molecule has 0 radical (unpaired) electrons. The Labute approximate surface area is 114 Å². The van der Waals surface area contributed by atoms with E-state index in [-0.39, 0.29) is 5.88 Å². The van der Waals surface area contributed by atoms with E-state index in [1.54, 1.807) is 31.4 Å². The van der Waals surface area contributed by atoms with E-state index in [9.17, 15) is 4.39 Å². The fourth-order valence-electron chi connectivity index (χ4n) is 1.81. The lowest BCUT2D eigenvalue weighted by molar-refractivity contribution is 0.424. The molecule has 0 aliphatic rings. The molecule has 0 spiro atoms. The van der Waals surface area contributed by atoms with Crippen molar-refractivity contribution in [2.24, 2.45) is 0 Å². The third-order valence-corrected chi connectivity index (χ3v) is 2.75. The molecule has 0 fully saturated rings. The Morgan fingerprint density at radius 2 is 2.05 bits per heavy atom. The number of fused-ring (bicyclic) bond motifs is 1. The molecule has 0 amide bonds. The molecule has 0 unspecified atom stereocenters. The zero-order valence-electron chi connectivity index (χ0n) is 10.7. The smallest absolute Gasteiger partial charge is 0.260 e. The molecule has 2 aromatic heterocycles. The van der Waals surface area contributed by atoms with Crippen molar-refractivity contribution in [3.05, 3.63) is 48.5 Å². The van der Waals surface area contributed by atoms with Crippen LogP contribution in [0.15, 0.2) is 42.7 Å². The number of halogens is 1. The van der Waals surface area contributed by atoms with Crippen molar-refractivity contribution >= 4 is 16.9 Å². The first-order chi connectivity index (χ1) is 9.78.